The Morgan fingerprint density at radius 2 is 1.82 bits per heavy atom. The maximum absolute atomic E-state index is 12.7. The van der Waals surface area contributed by atoms with E-state index in [1.165, 1.54) is 11.3 Å². The second-order valence-corrected chi connectivity index (χ2v) is 7.26. The lowest BCUT2D eigenvalue weighted by atomic mass is 10.0. The molecule has 2 aromatic carbocycles. The van der Waals surface area contributed by atoms with E-state index in [4.69, 9.17) is 4.52 Å². The molecule has 1 aliphatic rings. The predicted molar refractivity (Wildman–Crippen MR) is 110 cm³/mol. The van der Waals surface area contributed by atoms with Crippen molar-refractivity contribution in [2.45, 2.75) is 19.8 Å². The molecule has 0 unspecified atom stereocenters. The quantitative estimate of drug-likeness (QED) is 0.678. The Morgan fingerprint density at radius 3 is 2.57 bits per heavy atom. The van der Waals surface area contributed by atoms with Gasteiger partial charge in [-0.15, -0.1) is 0 Å². The molecule has 0 N–H and O–H groups in total. The Hall–Kier alpha value is -3.08. The lowest BCUT2D eigenvalue weighted by Crippen LogP contribution is -2.48. The summed E-state index contributed by atoms with van der Waals surface area (Å²) in [5, 5.41) is 4.12. The van der Waals surface area contributed by atoms with Crippen molar-refractivity contribution in [2.75, 3.05) is 31.1 Å². The largest absolute Gasteiger partial charge is 0.368 e. The van der Waals surface area contributed by atoms with Crippen molar-refractivity contribution in [3.63, 3.8) is 0 Å². The maximum Gasteiger partial charge on any atom is 0.223 e. The minimum absolute atomic E-state index is 0.198. The summed E-state index contributed by atoms with van der Waals surface area (Å²) in [6.07, 6.45) is 2.78. The SMILES string of the molecule is Cc1cccc(N2CCN(C(=O)CCc3conc3-c3ccccc3)CC2)c1. The number of hydrogen-bond donors (Lipinski definition) is 0. The number of anilines is 1. The second kappa shape index (κ2) is 8.30. The van der Waals surface area contributed by atoms with Gasteiger partial charge in [-0.3, -0.25) is 4.79 Å². The molecule has 0 spiro atoms. The molecule has 1 saturated heterocycles. The third kappa shape index (κ3) is 4.09. The molecule has 1 aliphatic heterocycles. The number of nitrogens with zero attached hydrogens (tertiary/aromatic N) is 3. The van der Waals surface area contributed by atoms with E-state index in [2.05, 4.69) is 41.2 Å². The molecule has 3 aromatic rings. The minimum Gasteiger partial charge on any atom is -0.368 e. The van der Waals surface area contributed by atoms with Crippen molar-refractivity contribution < 1.29 is 9.32 Å². The van der Waals surface area contributed by atoms with Crippen molar-refractivity contribution >= 4 is 11.6 Å². The van der Waals surface area contributed by atoms with Gasteiger partial charge in [0, 0.05) is 49.4 Å². The molecule has 0 saturated carbocycles. The van der Waals surface area contributed by atoms with E-state index in [1.54, 1.807) is 6.26 Å². The van der Waals surface area contributed by atoms with Gasteiger partial charge in [-0.2, -0.15) is 0 Å². The van der Waals surface area contributed by atoms with Crippen LogP contribution in [0.15, 0.2) is 65.4 Å². The molecule has 0 bridgehead atoms. The molecular formula is C23H25N3O2. The average Bonchev–Trinajstić information content (AvgIpc) is 3.21. The van der Waals surface area contributed by atoms with E-state index in [9.17, 15) is 4.79 Å². The number of carbonyl (C=O) groups is 1. The highest BCUT2D eigenvalue weighted by Gasteiger charge is 2.22. The Balaban J connectivity index is 1.32. The fourth-order valence-electron chi connectivity index (χ4n) is 3.71. The third-order valence-electron chi connectivity index (χ3n) is 5.30. The highest BCUT2D eigenvalue weighted by molar-refractivity contribution is 5.77. The van der Waals surface area contributed by atoms with Gasteiger partial charge in [0.25, 0.3) is 0 Å². The van der Waals surface area contributed by atoms with E-state index in [1.807, 2.05) is 35.2 Å². The zero-order valence-electron chi connectivity index (χ0n) is 16.2. The molecule has 0 atom stereocenters. The monoisotopic (exact) mass is 375 g/mol. The van der Waals surface area contributed by atoms with Crippen LogP contribution in [-0.2, 0) is 11.2 Å². The fraction of sp³-hybridized carbons (Fsp3) is 0.304. The summed E-state index contributed by atoms with van der Waals surface area (Å²) in [5.41, 5.74) is 5.34. The number of carbonyl (C=O) groups excluding carboxylic acids is 1. The first kappa shape index (κ1) is 18.3. The summed E-state index contributed by atoms with van der Waals surface area (Å²) < 4.78 is 5.17. The summed E-state index contributed by atoms with van der Waals surface area (Å²) in [4.78, 5) is 17.0. The van der Waals surface area contributed by atoms with Crippen molar-refractivity contribution in [2.24, 2.45) is 0 Å². The zero-order valence-corrected chi connectivity index (χ0v) is 16.2. The highest BCUT2D eigenvalue weighted by atomic mass is 16.5. The molecule has 0 radical (unpaired) electrons. The molecule has 144 valence electrons. The highest BCUT2D eigenvalue weighted by Crippen LogP contribution is 2.23. The molecule has 5 nitrogen and oxygen atoms in total. The number of rotatable bonds is 5. The molecule has 28 heavy (non-hydrogen) atoms. The Labute approximate surface area is 165 Å². The van der Waals surface area contributed by atoms with Crippen LogP contribution in [0.3, 0.4) is 0 Å². The van der Waals surface area contributed by atoms with Gasteiger partial charge in [-0.05, 0) is 31.0 Å². The molecule has 1 fully saturated rings. The summed E-state index contributed by atoms with van der Waals surface area (Å²) in [7, 11) is 0. The topological polar surface area (TPSA) is 49.6 Å². The molecule has 0 aliphatic carbocycles. The number of hydrogen-bond acceptors (Lipinski definition) is 4. The van der Waals surface area contributed by atoms with Crippen molar-refractivity contribution in [1.82, 2.24) is 10.1 Å². The number of aromatic nitrogens is 1. The summed E-state index contributed by atoms with van der Waals surface area (Å²) in [6.45, 7) is 5.39. The summed E-state index contributed by atoms with van der Waals surface area (Å²) in [5.74, 6) is 0.198. The minimum atomic E-state index is 0.198. The lowest BCUT2D eigenvalue weighted by Gasteiger charge is -2.36. The molecule has 1 aromatic heterocycles. The van der Waals surface area contributed by atoms with Crippen LogP contribution in [0.2, 0.25) is 0 Å². The Kier molecular flexibility index (Phi) is 5.42. The first-order valence-electron chi connectivity index (χ1n) is 9.79. The second-order valence-electron chi connectivity index (χ2n) is 7.26. The molecule has 5 heteroatoms. The van der Waals surface area contributed by atoms with E-state index >= 15 is 0 Å². The number of benzene rings is 2. The van der Waals surface area contributed by atoms with E-state index in [-0.39, 0.29) is 5.91 Å². The zero-order chi connectivity index (χ0) is 19.3. The maximum atomic E-state index is 12.7. The van der Waals surface area contributed by atoms with Crippen LogP contribution < -0.4 is 4.90 Å². The van der Waals surface area contributed by atoms with E-state index in [0.717, 1.165) is 43.0 Å². The van der Waals surface area contributed by atoms with Gasteiger partial charge >= 0.3 is 0 Å². The van der Waals surface area contributed by atoms with Gasteiger partial charge < -0.3 is 14.3 Å². The van der Waals surface area contributed by atoms with Crippen LogP contribution in [0.1, 0.15) is 17.5 Å². The van der Waals surface area contributed by atoms with Crippen LogP contribution in [-0.4, -0.2) is 42.1 Å². The van der Waals surface area contributed by atoms with E-state index < -0.39 is 0 Å². The molecule has 4 rings (SSSR count). The predicted octanol–water partition coefficient (Wildman–Crippen LogP) is 3.93. The first-order chi connectivity index (χ1) is 13.7. The van der Waals surface area contributed by atoms with E-state index in [0.29, 0.717) is 12.8 Å². The molecular weight excluding hydrogens is 350 g/mol. The number of amides is 1. The van der Waals surface area contributed by atoms with Crippen LogP contribution in [0.4, 0.5) is 5.69 Å². The van der Waals surface area contributed by atoms with Gasteiger partial charge in [-0.1, -0.05) is 47.6 Å². The normalized spacial score (nSPS) is 14.3. The Bertz CT molecular complexity index is 928. The van der Waals surface area contributed by atoms with Crippen LogP contribution >= 0.6 is 0 Å². The van der Waals surface area contributed by atoms with Crippen molar-refractivity contribution in [1.29, 1.82) is 0 Å². The molecule has 1 amide bonds. The van der Waals surface area contributed by atoms with Gasteiger partial charge in [0.05, 0.1) is 0 Å². The average molecular weight is 375 g/mol. The Morgan fingerprint density at radius 1 is 1.04 bits per heavy atom. The standard InChI is InChI=1S/C23H25N3O2/c1-18-6-5-9-21(16-18)25-12-14-26(15-13-25)22(27)11-10-20-17-28-24-23(20)19-7-3-2-4-8-19/h2-9,16-17H,10-15H2,1H3. The van der Waals surface area contributed by atoms with Gasteiger partial charge in [0.15, 0.2) is 0 Å². The fourth-order valence-corrected chi connectivity index (χ4v) is 3.71. The van der Waals surface area contributed by atoms with Gasteiger partial charge in [-0.25, -0.2) is 0 Å². The lowest BCUT2D eigenvalue weighted by molar-refractivity contribution is -0.131. The molecule has 2 heterocycles. The van der Waals surface area contributed by atoms with Crippen molar-refractivity contribution in [3.05, 3.63) is 72.0 Å². The van der Waals surface area contributed by atoms with Crippen molar-refractivity contribution in [3.8, 4) is 11.3 Å². The smallest absolute Gasteiger partial charge is 0.223 e. The summed E-state index contributed by atoms with van der Waals surface area (Å²) >= 11 is 0. The third-order valence-corrected chi connectivity index (χ3v) is 5.30. The van der Waals surface area contributed by atoms with Crippen LogP contribution in [0.5, 0.6) is 0 Å². The summed E-state index contributed by atoms with van der Waals surface area (Å²) in [6, 6.07) is 18.5. The first-order valence-corrected chi connectivity index (χ1v) is 9.79. The number of piperazine rings is 1. The van der Waals surface area contributed by atoms with Crippen LogP contribution in [0.25, 0.3) is 11.3 Å². The van der Waals surface area contributed by atoms with Gasteiger partial charge in [0.2, 0.25) is 5.91 Å². The van der Waals surface area contributed by atoms with Gasteiger partial charge in [0.1, 0.15) is 12.0 Å². The van der Waals surface area contributed by atoms with Crippen LogP contribution in [0, 0.1) is 6.92 Å². The number of aryl methyl sites for hydroxylation is 2.